The predicted octanol–water partition coefficient (Wildman–Crippen LogP) is 5.91. The summed E-state index contributed by atoms with van der Waals surface area (Å²) in [5.41, 5.74) is 3.53. The van der Waals surface area contributed by atoms with Crippen LogP contribution in [0.25, 0.3) is 0 Å². The average molecular weight is 517 g/mol. The molecule has 0 spiro atoms. The van der Waals surface area contributed by atoms with Gasteiger partial charge in [-0.1, -0.05) is 13.0 Å². The maximum Gasteiger partial charge on any atom is 0.261 e. The minimum absolute atomic E-state index is 0.105. The quantitative estimate of drug-likeness (QED) is 0.389. The van der Waals surface area contributed by atoms with Crippen molar-refractivity contribution in [2.75, 3.05) is 16.6 Å². The Kier molecular flexibility index (Phi) is 7.58. The number of ether oxygens (including phenoxy) is 1. The Morgan fingerprint density at radius 1 is 0.938 bits per heavy atom. The lowest BCUT2D eigenvalue weighted by molar-refractivity contribution is 0.102. The molecule has 6 nitrogen and oxygen atoms in total. The zero-order valence-electron chi connectivity index (χ0n) is 18.1. The summed E-state index contributed by atoms with van der Waals surface area (Å²) in [6.07, 6.45) is 0.889. The lowest BCUT2D eigenvalue weighted by Gasteiger charge is -2.11. The molecule has 0 aliphatic rings. The number of anilines is 2. The average Bonchev–Trinajstić information content (AvgIpc) is 2.75. The fourth-order valence-corrected chi connectivity index (χ4v) is 4.45. The van der Waals surface area contributed by atoms with Gasteiger partial charge in [0.1, 0.15) is 5.75 Å². The highest BCUT2D eigenvalue weighted by atomic mass is 79.9. The zero-order valence-corrected chi connectivity index (χ0v) is 20.5. The molecule has 0 atom stereocenters. The Bertz CT molecular complexity index is 1230. The first-order chi connectivity index (χ1) is 15.2. The molecule has 0 unspecified atom stereocenters. The van der Waals surface area contributed by atoms with Gasteiger partial charge in [0.15, 0.2) is 0 Å². The zero-order chi connectivity index (χ0) is 23.3. The Morgan fingerprint density at radius 2 is 1.62 bits per heavy atom. The van der Waals surface area contributed by atoms with Crippen LogP contribution in [0.4, 0.5) is 11.4 Å². The topological polar surface area (TPSA) is 84.5 Å². The molecule has 0 aliphatic heterocycles. The molecule has 0 bridgehead atoms. The molecular formula is C24H25BrN2O4S. The van der Waals surface area contributed by atoms with E-state index in [0.29, 0.717) is 33.8 Å². The molecule has 1 amide bonds. The van der Waals surface area contributed by atoms with E-state index in [0.717, 1.165) is 17.5 Å². The van der Waals surface area contributed by atoms with Crippen LogP contribution in [-0.4, -0.2) is 20.9 Å². The molecule has 0 fully saturated rings. The van der Waals surface area contributed by atoms with E-state index in [1.54, 1.807) is 42.5 Å². The summed E-state index contributed by atoms with van der Waals surface area (Å²) in [6.45, 7) is 6.51. The van der Waals surface area contributed by atoms with Crippen molar-refractivity contribution < 1.29 is 17.9 Å². The number of aryl methyl sites for hydroxylation is 2. The summed E-state index contributed by atoms with van der Waals surface area (Å²) in [4.78, 5) is 12.7. The fraction of sp³-hybridized carbons (Fsp3) is 0.208. The van der Waals surface area contributed by atoms with Crippen molar-refractivity contribution in [3.8, 4) is 5.75 Å². The van der Waals surface area contributed by atoms with Crippen LogP contribution in [0.5, 0.6) is 5.75 Å². The van der Waals surface area contributed by atoms with Crippen LogP contribution in [-0.2, 0) is 10.0 Å². The van der Waals surface area contributed by atoms with Gasteiger partial charge in [-0.05, 0) is 102 Å². The summed E-state index contributed by atoms with van der Waals surface area (Å²) < 4.78 is 34.2. The van der Waals surface area contributed by atoms with Gasteiger partial charge in [0.2, 0.25) is 0 Å². The fourth-order valence-electron chi connectivity index (χ4n) is 2.91. The molecule has 0 radical (unpaired) electrons. The molecule has 0 heterocycles. The summed E-state index contributed by atoms with van der Waals surface area (Å²) in [6, 6.07) is 16.5. The number of carbonyl (C=O) groups is 1. The van der Waals surface area contributed by atoms with Gasteiger partial charge in [-0.15, -0.1) is 0 Å². The maximum atomic E-state index is 12.7. The van der Waals surface area contributed by atoms with Crippen LogP contribution >= 0.6 is 15.9 Å². The maximum absolute atomic E-state index is 12.7. The molecule has 0 saturated carbocycles. The van der Waals surface area contributed by atoms with Gasteiger partial charge in [-0.3, -0.25) is 9.52 Å². The highest BCUT2D eigenvalue weighted by Gasteiger charge is 2.15. The van der Waals surface area contributed by atoms with Gasteiger partial charge in [0.25, 0.3) is 15.9 Å². The third kappa shape index (κ3) is 5.89. The third-order valence-corrected chi connectivity index (χ3v) is 6.85. The van der Waals surface area contributed by atoms with E-state index in [9.17, 15) is 13.2 Å². The Balaban J connectivity index is 1.69. The molecule has 8 heteroatoms. The predicted molar refractivity (Wildman–Crippen MR) is 131 cm³/mol. The Hall–Kier alpha value is -2.84. The lowest BCUT2D eigenvalue weighted by atomic mass is 10.1. The SMILES string of the molecule is CCCOc1ccc(C(=O)Nc2ccc(S(=O)(=O)Nc3ccc(C)c(C)c3)cc2)cc1Br. The minimum Gasteiger partial charge on any atom is -0.492 e. The second-order valence-corrected chi connectivity index (χ2v) is 9.91. The van der Waals surface area contributed by atoms with E-state index in [2.05, 4.69) is 26.0 Å². The molecule has 32 heavy (non-hydrogen) atoms. The van der Waals surface area contributed by atoms with Gasteiger partial charge in [0.05, 0.1) is 16.0 Å². The summed E-state index contributed by atoms with van der Waals surface area (Å²) >= 11 is 3.42. The van der Waals surface area contributed by atoms with Crippen LogP contribution in [0.2, 0.25) is 0 Å². The first-order valence-electron chi connectivity index (χ1n) is 10.1. The monoisotopic (exact) mass is 516 g/mol. The van der Waals surface area contributed by atoms with E-state index in [1.165, 1.54) is 12.1 Å². The molecule has 0 saturated heterocycles. The second-order valence-electron chi connectivity index (χ2n) is 7.38. The number of nitrogens with one attached hydrogen (secondary N) is 2. The summed E-state index contributed by atoms with van der Waals surface area (Å²) in [5.74, 6) is 0.367. The van der Waals surface area contributed by atoms with E-state index in [-0.39, 0.29) is 10.8 Å². The summed E-state index contributed by atoms with van der Waals surface area (Å²) in [7, 11) is -3.74. The lowest BCUT2D eigenvalue weighted by Crippen LogP contribution is -2.14. The number of carbonyl (C=O) groups excluding carboxylic acids is 1. The Morgan fingerprint density at radius 3 is 2.25 bits per heavy atom. The van der Waals surface area contributed by atoms with E-state index >= 15 is 0 Å². The molecule has 3 aromatic carbocycles. The van der Waals surface area contributed by atoms with Crippen molar-refractivity contribution in [2.45, 2.75) is 32.1 Å². The standard InChI is InChI=1S/C24H25BrN2O4S/c1-4-13-31-23-12-6-18(15-22(23)25)24(28)26-19-8-10-21(11-9-19)32(29,30)27-20-7-5-16(2)17(3)14-20/h5-12,14-15,27H,4,13H2,1-3H3,(H,26,28). The number of sulfonamides is 1. The van der Waals surface area contributed by atoms with Crippen molar-refractivity contribution in [3.63, 3.8) is 0 Å². The summed E-state index contributed by atoms with van der Waals surface area (Å²) in [5, 5.41) is 2.77. The van der Waals surface area contributed by atoms with Gasteiger partial charge in [-0.25, -0.2) is 8.42 Å². The van der Waals surface area contributed by atoms with Gasteiger partial charge >= 0.3 is 0 Å². The van der Waals surface area contributed by atoms with Gasteiger partial charge in [0, 0.05) is 16.9 Å². The van der Waals surface area contributed by atoms with Crippen molar-refractivity contribution in [1.82, 2.24) is 0 Å². The first kappa shape index (κ1) is 23.8. The number of rotatable bonds is 8. The van der Waals surface area contributed by atoms with Crippen molar-refractivity contribution in [2.24, 2.45) is 0 Å². The van der Waals surface area contributed by atoms with Crippen molar-refractivity contribution in [1.29, 1.82) is 0 Å². The minimum atomic E-state index is -3.74. The highest BCUT2D eigenvalue weighted by Crippen LogP contribution is 2.27. The number of benzene rings is 3. The number of hydrogen-bond donors (Lipinski definition) is 2. The van der Waals surface area contributed by atoms with E-state index in [4.69, 9.17) is 4.74 Å². The largest absolute Gasteiger partial charge is 0.492 e. The first-order valence-corrected chi connectivity index (χ1v) is 12.4. The molecule has 168 valence electrons. The van der Waals surface area contributed by atoms with Gasteiger partial charge < -0.3 is 10.1 Å². The molecule has 3 aromatic rings. The normalized spacial score (nSPS) is 11.1. The van der Waals surface area contributed by atoms with Crippen molar-refractivity contribution in [3.05, 3.63) is 81.8 Å². The third-order valence-electron chi connectivity index (χ3n) is 4.84. The molecule has 3 rings (SSSR count). The van der Waals surface area contributed by atoms with E-state index < -0.39 is 10.0 Å². The van der Waals surface area contributed by atoms with Crippen LogP contribution in [0, 0.1) is 13.8 Å². The van der Waals surface area contributed by atoms with Crippen molar-refractivity contribution >= 4 is 43.2 Å². The molecule has 2 N–H and O–H groups in total. The van der Waals surface area contributed by atoms with Crippen LogP contribution in [0.1, 0.15) is 34.8 Å². The van der Waals surface area contributed by atoms with Gasteiger partial charge in [-0.2, -0.15) is 0 Å². The molecule has 0 aliphatic carbocycles. The van der Waals surface area contributed by atoms with Crippen LogP contribution in [0.3, 0.4) is 0 Å². The number of hydrogen-bond acceptors (Lipinski definition) is 4. The smallest absolute Gasteiger partial charge is 0.261 e. The number of amides is 1. The number of halogens is 1. The van der Waals surface area contributed by atoms with Crippen LogP contribution < -0.4 is 14.8 Å². The molecule has 0 aromatic heterocycles. The van der Waals surface area contributed by atoms with E-state index in [1.807, 2.05) is 26.8 Å². The highest BCUT2D eigenvalue weighted by molar-refractivity contribution is 9.10. The van der Waals surface area contributed by atoms with Crippen LogP contribution in [0.15, 0.2) is 70.0 Å². The second kappa shape index (κ2) is 10.2. The molecular weight excluding hydrogens is 492 g/mol. The Labute approximate surface area is 197 Å².